The molecule has 1 unspecified atom stereocenters. The van der Waals surface area contributed by atoms with Gasteiger partial charge in [-0.1, -0.05) is 19.1 Å². The highest BCUT2D eigenvalue weighted by Gasteiger charge is 2.25. The quantitative estimate of drug-likeness (QED) is 0.862. The largest absolute Gasteiger partial charge is 0.491 e. The summed E-state index contributed by atoms with van der Waals surface area (Å²) in [6, 6.07) is 8.92. The maximum atomic E-state index is 5.82. The summed E-state index contributed by atoms with van der Waals surface area (Å²) >= 11 is 0. The van der Waals surface area contributed by atoms with Gasteiger partial charge in [0.15, 0.2) is 0 Å². The Morgan fingerprint density at radius 2 is 2.05 bits per heavy atom. The van der Waals surface area contributed by atoms with Crippen LogP contribution in [0.5, 0.6) is 5.75 Å². The second-order valence-electron chi connectivity index (χ2n) is 5.72. The van der Waals surface area contributed by atoms with Crippen LogP contribution < -0.4 is 10.1 Å². The third-order valence-electron chi connectivity index (χ3n) is 3.75. The van der Waals surface area contributed by atoms with Crippen LogP contribution in [0.25, 0.3) is 0 Å². The molecule has 0 amide bonds. The average Bonchev–Trinajstić information content (AvgIpc) is 2.45. The molecule has 0 aromatic heterocycles. The van der Waals surface area contributed by atoms with Crippen LogP contribution in [0.2, 0.25) is 0 Å². The van der Waals surface area contributed by atoms with Crippen molar-refractivity contribution in [2.45, 2.75) is 45.8 Å². The lowest BCUT2D eigenvalue weighted by atomic mass is 9.87. The highest BCUT2D eigenvalue weighted by atomic mass is 16.5. The first-order valence-corrected chi connectivity index (χ1v) is 7.78. The van der Waals surface area contributed by atoms with E-state index in [2.05, 4.69) is 44.3 Å². The first kappa shape index (κ1) is 15.3. The van der Waals surface area contributed by atoms with Gasteiger partial charge in [0, 0.05) is 19.3 Å². The van der Waals surface area contributed by atoms with E-state index in [1.165, 1.54) is 5.56 Å². The second kappa shape index (κ2) is 7.65. The Morgan fingerprint density at radius 3 is 2.70 bits per heavy atom. The van der Waals surface area contributed by atoms with Gasteiger partial charge in [0.25, 0.3) is 0 Å². The summed E-state index contributed by atoms with van der Waals surface area (Å²) in [5.41, 5.74) is 1.33. The summed E-state index contributed by atoms with van der Waals surface area (Å²) in [5.74, 6) is 1.62. The smallest absolute Gasteiger partial charge is 0.120 e. The van der Waals surface area contributed by atoms with Gasteiger partial charge in [0.2, 0.25) is 0 Å². The Hall–Kier alpha value is -1.06. The van der Waals surface area contributed by atoms with Gasteiger partial charge in [-0.25, -0.2) is 0 Å². The molecule has 1 heterocycles. The van der Waals surface area contributed by atoms with Crippen molar-refractivity contribution in [2.24, 2.45) is 5.92 Å². The molecular formula is C17H27NO2. The first-order valence-electron chi connectivity index (χ1n) is 7.78. The normalized spacial score (nSPS) is 18.2. The summed E-state index contributed by atoms with van der Waals surface area (Å²) in [5, 5.41) is 3.64. The lowest BCUT2D eigenvalue weighted by Crippen LogP contribution is -2.32. The fourth-order valence-electron chi connectivity index (χ4n) is 2.88. The van der Waals surface area contributed by atoms with Crippen molar-refractivity contribution in [2.75, 3.05) is 19.8 Å². The topological polar surface area (TPSA) is 30.5 Å². The first-order chi connectivity index (χ1) is 9.70. The molecule has 0 saturated carbocycles. The van der Waals surface area contributed by atoms with E-state index in [-0.39, 0.29) is 6.10 Å². The van der Waals surface area contributed by atoms with Gasteiger partial charge in [-0.05, 0) is 56.8 Å². The van der Waals surface area contributed by atoms with Crippen molar-refractivity contribution in [3.05, 3.63) is 29.8 Å². The SMILES string of the molecule is CCNC(c1cccc(OC(C)C)c1)C1CCOCC1. The van der Waals surface area contributed by atoms with Crippen LogP contribution in [-0.4, -0.2) is 25.9 Å². The molecule has 0 radical (unpaired) electrons. The lowest BCUT2D eigenvalue weighted by Gasteiger charge is -2.31. The Labute approximate surface area is 122 Å². The summed E-state index contributed by atoms with van der Waals surface area (Å²) in [7, 11) is 0. The summed E-state index contributed by atoms with van der Waals surface area (Å²) in [6.07, 6.45) is 2.48. The number of nitrogens with one attached hydrogen (secondary N) is 1. The van der Waals surface area contributed by atoms with Crippen LogP contribution in [0.3, 0.4) is 0 Å². The minimum atomic E-state index is 0.214. The van der Waals surface area contributed by atoms with Crippen molar-refractivity contribution < 1.29 is 9.47 Å². The van der Waals surface area contributed by atoms with E-state index in [1.807, 2.05) is 6.07 Å². The maximum absolute atomic E-state index is 5.82. The highest BCUT2D eigenvalue weighted by Crippen LogP contribution is 2.31. The average molecular weight is 277 g/mol. The van der Waals surface area contributed by atoms with E-state index in [1.54, 1.807) is 0 Å². The molecule has 3 nitrogen and oxygen atoms in total. The fraction of sp³-hybridized carbons (Fsp3) is 0.647. The zero-order valence-electron chi connectivity index (χ0n) is 12.9. The van der Waals surface area contributed by atoms with Crippen molar-refractivity contribution >= 4 is 0 Å². The van der Waals surface area contributed by atoms with Crippen LogP contribution in [0.1, 0.15) is 45.2 Å². The van der Waals surface area contributed by atoms with Crippen molar-refractivity contribution in [1.29, 1.82) is 0 Å². The Bertz CT molecular complexity index is 400. The molecule has 1 aliphatic rings. The molecule has 1 aromatic carbocycles. The van der Waals surface area contributed by atoms with Gasteiger partial charge in [-0.15, -0.1) is 0 Å². The van der Waals surface area contributed by atoms with Crippen molar-refractivity contribution in [3.8, 4) is 5.75 Å². The van der Waals surface area contributed by atoms with Crippen molar-refractivity contribution in [1.82, 2.24) is 5.32 Å². The van der Waals surface area contributed by atoms with Gasteiger partial charge in [0.1, 0.15) is 5.75 Å². The summed E-state index contributed by atoms with van der Waals surface area (Å²) < 4.78 is 11.3. The second-order valence-corrected chi connectivity index (χ2v) is 5.72. The Balaban J connectivity index is 2.15. The van der Waals surface area contributed by atoms with Crippen LogP contribution in [-0.2, 0) is 4.74 Å². The molecule has 1 aromatic rings. The molecule has 112 valence electrons. The summed E-state index contributed by atoms with van der Waals surface area (Å²) in [4.78, 5) is 0. The molecule has 1 N–H and O–H groups in total. The maximum Gasteiger partial charge on any atom is 0.120 e. The zero-order chi connectivity index (χ0) is 14.4. The van der Waals surface area contributed by atoms with E-state index in [0.717, 1.165) is 38.3 Å². The standard InChI is InChI=1S/C17H27NO2/c1-4-18-17(14-8-10-19-11-9-14)15-6-5-7-16(12-15)20-13(2)3/h5-7,12-14,17-18H,4,8-11H2,1-3H3. The third-order valence-corrected chi connectivity index (χ3v) is 3.75. The molecule has 3 heteroatoms. The minimum Gasteiger partial charge on any atom is -0.491 e. The summed E-state index contributed by atoms with van der Waals surface area (Å²) in [6.45, 7) is 9.04. The molecule has 1 atom stereocenters. The minimum absolute atomic E-state index is 0.214. The predicted octanol–water partition coefficient (Wildman–Crippen LogP) is 3.55. The zero-order valence-corrected chi connectivity index (χ0v) is 12.9. The van der Waals surface area contributed by atoms with Crippen LogP contribution in [0.15, 0.2) is 24.3 Å². The van der Waals surface area contributed by atoms with E-state index >= 15 is 0 Å². The number of benzene rings is 1. The van der Waals surface area contributed by atoms with Gasteiger partial charge in [-0.2, -0.15) is 0 Å². The molecule has 1 aliphatic heterocycles. The molecule has 20 heavy (non-hydrogen) atoms. The van der Waals surface area contributed by atoms with E-state index in [9.17, 15) is 0 Å². The van der Waals surface area contributed by atoms with Crippen LogP contribution in [0, 0.1) is 5.92 Å². The van der Waals surface area contributed by atoms with E-state index < -0.39 is 0 Å². The highest BCUT2D eigenvalue weighted by molar-refractivity contribution is 5.31. The Kier molecular flexibility index (Phi) is 5.86. The van der Waals surface area contributed by atoms with Gasteiger partial charge in [0.05, 0.1) is 6.10 Å². The van der Waals surface area contributed by atoms with Crippen molar-refractivity contribution in [3.63, 3.8) is 0 Å². The van der Waals surface area contributed by atoms with Crippen LogP contribution in [0.4, 0.5) is 0 Å². The molecule has 0 spiro atoms. The van der Waals surface area contributed by atoms with E-state index in [4.69, 9.17) is 9.47 Å². The number of ether oxygens (including phenoxy) is 2. The van der Waals surface area contributed by atoms with Gasteiger partial charge in [-0.3, -0.25) is 0 Å². The number of rotatable bonds is 6. The van der Waals surface area contributed by atoms with E-state index in [0.29, 0.717) is 12.0 Å². The van der Waals surface area contributed by atoms with Gasteiger partial charge < -0.3 is 14.8 Å². The molecule has 1 fully saturated rings. The monoisotopic (exact) mass is 277 g/mol. The molecule has 1 saturated heterocycles. The molecule has 0 bridgehead atoms. The number of hydrogen-bond acceptors (Lipinski definition) is 3. The fourth-order valence-corrected chi connectivity index (χ4v) is 2.88. The predicted molar refractivity (Wildman–Crippen MR) is 82.2 cm³/mol. The molecule has 2 rings (SSSR count). The lowest BCUT2D eigenvalue weighted by molar-refractivity contribution is 0.0538. The molecule has 0 aliphatic carbocycles. The third kappa shape index (κ3) is 4.22. The van der Waals surface area contributed by atoms with Crippen LogP contribution >= 0.6 is 0 Å². The number of hydrogen-bond donors (Lipinski definition) is 1. The molecular weight excluding hydrogens is 250 g/mol. The van der Waals surface area contributed by atoms with Gasteiger partial charge >= 0.3 is 0 Å². The Morgan fingerprint density at radius 1 is 1.30 bits per heavy atom.